The maximum absolute atomic E-state index is 11.7. The van der Waals surface area contributed by atoms with Crippen molar-refractivity contribution < 1.29 is 4.79 Å². The lowest BCUT2D eigenvalue weighted by Gasteiger charge is -1.93. The van der Waals surface area contributed by atoms with Crippen molar-refractivity contribution in [3.8, 4) is 0 Å². The Morgan fingerprint density at radius 3 is 2.56 bits per heavy atom. The van der Waals surface area contributed by atoms with E-state index < -0.39 is 0 Å². The van der Waals surface area contributed by atoms with Crippen LogP contribution in [0.4, 0.5) is 0 Å². The van der Waals surface area contributed by atoms with Gasteiger partial charge in [-0.3, -0.25) is 14.8 Å². The number of rotatable bonds is 3. The third-order valence-corrected chi connectivity index (χ3v) is 2.08. The van der Waals surface area contributed by atoms with Crippen LogP contribution >= 0.6 is 0 Å². The van der Waals surface area contributed by atoms with Crippen LogP contribution in [0.3, 0.4) is 0 Å². The molecule has 16 heavy (non-hydrogen) atoms. The van der Waals surface area contributed by atoms with Crippen LogP contribution in [-0.4, -0.2) is 15.8 Å². The molecule has 3 heteroatoms. The molecule has 0 aliphatic rings. The SMILES string of the molecule is O=C(/C=C/c1cccnc1)c1ccncc1. The van der Waals surface area contributed by atoms with E-state index in [0.717, 1.165) is 5.56 Å². The molecule has 0 fully saturated rings. The van der Waals surface area contributed by atoms with Gasteiger partial charge >= 0.3 is 0 Å². The molecule has 0 saturated heterocycles. The number of carbonyl (C=O) groups excluding carboxylic acids is 1. The fourth-order valence-corrected chi connectivity index (χ4v) is 1.26. The van der Waals surface area contributed by atoms with E-state index in [2.05, 4.69) is 9.97 Å². The van der Waals surface area contributed by atoms with Gasteiger partial charge in [0.05, 0.1) is 0 Å². The summed E-state index contributed by atoms with van der Waals surface area (Å²) in [6, 6.07) is 7.10. The molecule has 0 aromatic carbocycles. The molecule has 0 N–H and O–H groups in total. The highest BCUT2D eigenvalue weighted by atomic mass is 16.1. The van der Waals surface area contributed by atoms with Crippen molar-refractivity contribution in [3.63, 3.8) is 0 Å². The predicted octanol–water partition coefficient (Wildman–Crippen LogP) is 2.37. The molecule has 0 atom stereocenters. The Kier molecular flexibility index (Phi) is 3.18. The molecule has 0 aliphatic carbocycles. The zero-order chi connectivity index (χ0) is 11.2. The highest BCUT2D eigenvalue weighted by Crippen LogP contribution is 2.03. The van der Waals surface area contributed by atoms with Gasteiger partial charge in [0.25, 0.3) is 0 Å². The first-order valence-corrected chi connectivity index (χ1v) is 4.89. The Hall–Kier alpha value is -2.29. The highest BCUT2D eigenvalue weighted by Gasteiger charge is 1.99. The van der Waals surface area contributed by atoms with Crippen LogP contribution in [0.1, 0.15) is 15.9 Å². The Labute approximate surface area is 93.5 Å². The van der Waals surface area contributed by atoms with Crippen molar-refractivity contribution in [2.24, 2.45) is 0 Å². The van der Waals surface area contributed by atoms with Gasteiger partial charge in [-0.25, -0.2) is 0 Å². The van der Waals surface area contributed by atoms with E-state index in [-0.39, 0.29) is 5.78 Å². The molecule has 2 rings (SSSR count). The average molecular weight is 210 g/mol. The van der Waals surface area contributed by atoms with Gasteiger partial charge in [0.2, 0.25) is 0 Å². The third kappa shape index (κ3) is 2.60. The van der Waals surface area contributed by atoms with Gasteiger partial charge in [0, 0.05) is 30.4 Å². The van der Waals surface area contributed by atoms with E-state index >= 15 is 0 Å². The summed E-state index contributed by atoms with van der Waals surface area (Å²) in [5, 5.41) is 0. The summed E-state index contributed by atoms with van der Waals surface area (Å²) in [6.07, 6.45) is 9.89. The zero-order valence-corrected chi connectivity index (χ0v) is 8.58. The van der Waals surface area contributed by atoms with Gasteiger partial charge in [-0.1, -0.05) is 6.07 Å². The monoisotopic (exact) mass is 210 g/mol. The van der Waals surface area contributed by atoms with E-state index in [9.17, 15) is 4.79 Å². The van der Waals surface area contributed by atoms with Crippen LogP contribution in [0, 0.1) is 0 Å². The van der Waals surface area contributed by atoms with Gasteiger partial charge in [0.1, 0.15) is 0 Å². The molecular formula is C13H10N2O. The van der Waals surface area contributed by atoms with Gasteiger partial charge in [-0.05, 0) is 35.9 Å². The second kappa shape index (κ2) is 4.98. The first-order valence-electron chi connectivity index (χ1n) is 4.89. The van der Waals surface area contributed by atoms with Crippen LogP contribution in [-0.2, 0) is 0 Å². The fourth-order valence-electron chi connectivity index (χ4n) is 1.26. The van der Waals surface area contributed by atoms with Gasteiger partial charge in [-0.15, -0.1) is 0 Å². The Morgan fingerprint density at radius 1 is 1.06 bits per heavy atom. The topological polar surface area (TPSA) is 42.9 Å². The maximum Gasteiger partial charge on any atom is 0.185 e. The van der Waals surface area contributed by atoms with E-state index in [4.69, 9.17) is 0 Å². The first kappa shape index (κ1) is 10.2. The van der Waals surface area contributed by atoms with Gasteiger partial charge < -0.3 is 0 Å². The van der Waals surface area contributed by atoms with Gasteiger partial charge in [-0.2, -0.15) is 0 Å². The minimum absolute atomic E-state index is 0.0359. The molecule has 0 saturated carbocycles. The van der Waals surface area contributed by atoms with Crippen LogP contribution in [0.5, 0.6) is 0 Å². The lowest BCUT2D eigenvalue weighted by molar-refractivity contribution is 0.104. The van der Waals surface area contributed by atoms with E-state index in [1.807, 2.05) is 12.1 Å². The Bertz CT molecular complexity index is 492. The smallest absolute Gasteiger partial charge is 0.185 e. The highest BCUT2D eigenvalue weighted by molar-refractivity contribution is 6.06. The lowest BCUT2D eigenvalue weighted by atomic mass is 10.1. The van der Waals surface area contributed by atoms with Crippen molar-refractivity contribution in [2.75, 3.05) is 0 Å². The molecule has 78 valence electrons. The number of nitrogens with zero attached hydrogens (tertiary/aromatic N) is 2. The normalized spacial score (nSPS) is 10.5. The predicted molar refractivity (Wildman–Crippen MR) is 61.8 cm³/mol. The number of pyridine rings is 2. The summed E-state index contributed by atoms with van der Waals surface area (Å²) in [5.74, 6) is -0.0359. The van der Waals surface area contributed by atoms with E-state index in [0.29, 0.717) is 5.56 Å². The number of hydrogen-bond acceptors (Lipinski definition) is 3. The largest absolute Gasteiger partial charge is 0.289 e. The van der Waals surface area contributed by atoms with Crippen LogP contribution in [0.15, 0.2) is 55.1 Å². The zero-order valence-electron chi connectivity index (χ0n) is 8.58. The number of carbonyl (C=O) groups is 1. The number of aromatic nitrogens is 2. The first-order chi connectivity index (χ1) is 7.86. The Balaban J connectivity index is 2.12. The second-order valence-electron chi connectivity index (χ2n) is 3.22. The van der Waals surface area contributed by atoms with Crippen LogP contribution in [0.2, 0.25) is 0 Å². The minimum Gasteiger partial charge on any atom is -0.289 e. The number of allylic oxidation sites excluding steroid dienone is 1. The molecule has 0 bridgehead atoms. The quantitative estimate of drug-likeness (QED) is 0.577. The molecular weight excluding hydrogens is 200 g/mol. The van der Waals surface area contributed by atoms with Crippen molar-refractivity contribution in [1.82, 2.24) is 9.97 Å². The maximum atomic E-state index is 11.7. The number of ketones is 1. The standard InChI is InChI=1S/C13H10N2O/c16-13(12-5-8-14-9-6-12)4-3-11-2-1-7-15-10-11/h1-10H/b4-3+. The van der Waals surface area contributed by atoms with E-state index in [1.54, 1.807) is 43.0 Å². The summed E-state index contributed by atoms with van der Waals surface area (Å²) in [5.41, 5.74) is 1.54. The van der Waals surface area contributed by atoms with Crippen molar-refractivity contribution in [3.05, 3.63) is 66.3 Å². The van der Waals surface area contributed by atoms with Crippen LogP contribution < -0.4 is 0 Å². The lowest BCUT2D eigenvalue weighted by Crippen LogP contribution is -1.93. The van der Waals surface area contributed by atoms with Crippen molar-refractivity contribution in [2.45, 2.75) is 0 Å². The molecule has 2 aromatic heterocycles. The minimum atomic E-state index is -0.0359. The molecule has 0 unspecified atom stereocenters. The molecule has 2 heterocycles. The summed E-state index contributed by atoms with van der Waals surface area (Å²) in [7, 11) is 0. The average Bonchev–Trinajstić information content (AvgIpc) is 2.38. The van der Waals surface area contributed by atoms with Gasteiger partial charge in [0.15, 0.2) is 5.78 Å². The Morgan fingerprint density at radius 2 is 1.88 bits per heavy atom. The van der Waals surface area contributed by atoms with Crippen LogP contribution in [0.25, 0.3) is 6.08 Å². The summed E-state index contributed by atoms with van der Waals surface area (Å²) < 4.78 is 0. The number of hydrogen-bond donors (Lipinski definition) is 0. The molecule has 0 spiro atoms. The molecule has 0 aliphatic heterocycles. The molecule has 0 amide bonds. The summed E-state index contributed by atoms with van der Waals surface area (Å²) >= 11 is 0. The summed E-state index contributed by atoms with van der Waals surface area (Å²) in [6.45, 7) is 0. The third-order valence-electron chi connectivity index (χ3n) is 2.08. The second-order valence-corrected chi connectivity index (χ2v) is 3.22. The fraction of sp³-hybridized carbons (Fsp3) is 0. The van der Waals surface area contributed by atoms with Crippen molar-refractivity contribution in [1.29, 1.82) is 0 Å². The molecule has 2 aromatic rings. The summed E-state index contributed by atoms with van der Waals surface area (Å²) in [4.78, 5) is 19.5. The van der Waals surface area contributed by atoms with E-state index in [1.165, 1.54) is 6.08 Å². The van der Waals surface area contributed by atoms with Crippen molar-refractivity contribution >= 4 is 11.9 Å². The molecule has 3 nitrogen and oxygen atoms in total. The molecule has 0 radical (unpaired) electrons.